The van der Waals surface area contributed by atoms with Gasteiger partial charge in [0, 0.05) is 17.9 Å². The monoisotopic (exact) mass is 350 g/mol. The molecule has 0 atom stereocenters. The minimum atomic E-state index is 0.299. The predicted molar refractivity (Wildman–Crippen MR) is 97.1 cm³/mol. The van der Waals surface area contributed by atoms with E-state index in [1.54, 1.807) is 14.2 Å². The van der Waals surface area contributed by atoms with E-state index < -0.39 is 0 Å². The molecule has 0 N–H and O–H groups in total. The summed E-state index contributed by atoms with van der Waals surface area (Å²) in [6.07, 6.45) is 4.31. The van der Waals surface area contributed by atoms with Crippen LogP contribution in [-0.2, 0) is 13.0 Å². The van der Waals surface area contributed by atoms with Crippen LogP contribution in [0.5, 0.6) is 23.0 Å². The molecule has 2 aromatic carbocycles. The molecule has 0 amide bonds. The molecule has 0 saturated heterocycles. The van der Waals surface area contributed by atoms with Crippen LogP contribution in [0.1, 0.15) is 12.0 Å². The number of aromatic nitrogens is 1. The minimum absolute atomic E-state index is 0.299. The van der Waals surface area contributed by atoms with E-state index in [0.717, 1.165) is 53.2 Å². The Labute approximate surface area is 151 Å². The summed E-state index contributed by atoms with van der Waals surface area (Å²) in [5.41, 5.74) is 3.71. The van der Waals surface area contributed by atoms with Gasteiger partial charge < -0.3 is 18.9 Å². The van der Waals surface area contributed by atoms with Crippen LogP contribution in [0.25, 0.3) is 22.0 Å². The van der Waals surface area contributed by atoms with E-state index in [2.05, 4.69) is 29.0 Å². The average Bonchev–Trinajstić information content (AvgIpc) is 3.05. The number of ether oxygens (including phenoxy) is 4. The highest BCUT2D eigenvalue weighted by atomic mass is 16.7. The van der Waals surface area contributed by atoms with Crippen LogP contribution >= 0.6 is 0 Å². The number of fused-ring (bicyclic) bond motifs is 5. The van der Waals surface area contributed by atoms with E-state index in [-0.39, 0.29) is 0 Å². The molecule has 0 saturated carbocycles. The molecule has 2 aliphatic heterocycles. The van der Waals surface area contributed by atoms with Crippen molar-refractivity contribution in [2.75, 3.05) is 21.0 Å². The normalized spacial score (nSPS) is 14.5. The van der Waals surface area contributed by atoms with Gasteiger partial charge in [0.05, 0.1) is 19.8 Å². The van der Waals surface area contributed by atoms with Crippen molar-refractivity contribution in [2.45, 2.75) is 19.4 Å². The van der Waals surface area contributed by atoms with Crippen molar-refractivity contribution < 1.29 is 23.5 Å². The molecule has 0 aliphatic carbocycles. The SMILES string of the molecule is COc1cc2cc3[n+](cc2cc1OC)CCCc1cc2c(cc1-3)OCO2. The number of nitrogens with zero attached hydrogens (tertiary/aromatic N) is 1. The summed E-state index contributed by atoms with van der Waals surface area (Å²) in [5, 5.41) is 2.26. The summed E-state index contributed by atoms with van der Waals surface area (Å²) in [4.78, 5) is 0. The topological polar surface area (TPSA) is 40.8 Å². The van der Waals surface area contributed by atoms with Crippen molar-refractivity contribution in [3.8, 4) is 34.3 Å². The highest BCUT2D eigenvalue weighted by molar-refractivity contribution is 5.87. The van der Waals surface area contributed by atoms with Crippen molar-refractivity contribution in [3.05, 3.63) is 42.1 Å². The molecule has 0 unspecified atom stereocenters. The first-order chi connectivity index (χ1) is 12.8. The summed E-state index contributed by atoms with van der Waals surface area (Å²) >= 11 is 0. The van der Waals surface area contributed by atoms with Crippen LogP contribution in [-0.4, -0.2) is 21.0 Å². The van der Waals surface area contributed by atoms with E-state index in [1.165, 1.54) is 16.8 Å². The lowest BCUT2D eigenvalue weighted by molar-refractivity contribution is -0.684. The van der Waals surface area contributed by atoms with Gasteiger partial charge in [-0.2, -0.15) is 4.57 Å². The molecule has 0 radical (unpaired) electrons. The highest BCUT2D eigenvalue weighted by Gasteiger charge is 2.26. The van der Waals surface area contributed by atoms with Crippen LogP contribution in [0.3, 0.4) is 0 Å². The second-order valence-corrected chi connectivity index (χ2v) is 6.65. The van der Waals surface area contributed by atoms with Crippen molar-refractivity contribution in [1.82, 2.24) is 0 Å². The lowest BCUT2D eigenvalue weighted by Gasteiger charge is -2.10. The van der Waals surface area contributed by atoms with Gasteiger partial charge in [-0.15, -0.1) is 0 Å². The molecule has 1 aromatic heterocycles. The lowest BCUT2D eigenvalue weighted by atomic mass is 9.99. The molecule has 3 heterocycles. The van der Waals surface area contributed by atoms with E-state index in [1.807, 2.05) is 12.1 Å². The quantitative estimate of drug-likeness (QED) is 0.664. The maximum absolute atomic E-state index is 5.61. The average molecular weight is 350 g/mol. The number of hydrogen-bond donors (Lipinski definition) is 0. The van der Waals surface area contributed by atoms with E-state index in [0.29, 0.717) is 6.79 Å². The Morgan fingerprint density at radius 3 is 2.38 bits per heavy atom. The predicted octanol–water partition coefficient (Wildman–Crippen LogP) is 3.49. The van der Waals surface area contributed by atoms with E-state index >= 15 is 0 Å². The molecule has 26 heavy (non-hydrogen) atoms. The Bertz CT molecular complexity index is 1030. The Morgan fingerprint density at radius 2 is 1.62 bits per heavy atom. The van der Waals surface area contributed by atoms with E-state index in [4.69, 9.17) is 18.9 Å². The standard InChI is InChI=1S/C21H20NO4/c1-23-18-8-14-6-17-16-10-21-20(25-12-26-21)7-13(16)4-3-5-22(17)11-15(14)9-19(18)24-2/h6-11H,3-5,12H2,1-2H3/q+1. The molecule has 5 rings (SSSR count). The zero-order valence-corrected chi connectivity index (χ0v) is 14.9. The summed E-state index contributed by atoms with van der Waals surface area (Å²) in [5.74, 6) is 3.16. The Balaban J connectivity index is 1.75. The van der Waals surface area contributed by atoms with E-state index in [9.17, 15) is 0 Å². The number of benzene rings is 2. The third kappa shape index (κ3) is 2.27. The molecule has 0 spiro atoms. The fourth-order valence-electron chi connectivity index (χ4n) is 3.90. The first kappa shape index (κ1) is 15.3. The molecule has 3 aromatic rings. The third-order valence-electron chi connectivity index (χ3n) is 5.21. The van der Waals surface area contributed by atoms with Crippen LogP contribution in [0.2, 0.25) is 0 Å². The first-order valence-corrected chi connectivity index (χ1v) is 8.79. The van der Waals surface area contributed by atoms with Gasteiger partial charge in [-0.25, -0.2) is 0 Å². The van der Waals surface area contributed by atoms with Gasteiger partial charge in [0.1, 0.15) is 6.54 Å². The van der Waals surface area contributed by atoms with Crippen LogP contribution < -0.4 is 23.5 Å². The molecule has 132 valence electrons. The Hall–Kier alpha value is -2.95. The second kappa shape index (κ2) is 5.80. The van der Waals surface area contributed by atoms with Gasteiger partial charge in [0.25, 0.3) is 0 Å². The number of aryl methyl sites for hydroxylation is 2. The maximum Gasteiger partial charge on any atom is 0.231 e. The van der Waals surface area contributed by atoms with Crippen molar-refractivity contribution in [1.29, 1.82) is 0 Å². The Morgan fingerprint density at radius 1 is 0.885 bits per heavy atom. The molecular formula is C21H20NO4+. The molecule has 0 bridgehead atoms. The Kier molecular flexibility index (Phi) is 3.42. The smallest absolute Gasteiger partial charge is 0.231 e. The molecule has 0 fully saturated rings. The summed E-state index contributed by atoms with van der Waals surface area (Å²) < 4.78 is 24.4. The summed E-state index contributed by atoms with van der Waals surface area (Å²) in [6.45, 7) is 1.27. The third-order valence-corrected chi connectivity index (χ3v) is 5.21. The van der Waals surface area contributed by atoms with Gasteiger partial charge in [-0.05, 0) is 41.6 Å². The lowest BCUT2D eigenvalue weighted by Crippen LogP contribution is -2.35. The van der Waals surface area contributed by atoms with Crippen LogP contribution in [0.15, 0.2) is 36.5 Å². The van der Waals surface area contributed by atoms with Gasteiger partial charge in [0.15, 0.2) is 29.2 Å². The number of rotatable bonds is 2. The van der Waals surface area contributed by atoms with Crippen molar-refractivity contribution in [2.24, 2.45) is 0 Å². The number of methoxy groups -OCH3 is 2. The van der Waals surface area contributed by atoms with Crippen LogP contribution in [0, 0.1) is 0 Å². The molecule has 5 nitrogen and oxygen atoms in total. The number of hydrogen-bond acceptors (Lipinski definition) is 4. The van der Waals surface area contributed by atoms with Gasteiger partial charge in [0.2, 0.25) is 12.5 Å². The number of pyridine rings is 1. The second-order valence-electron chi connectivity index (χ2n) is 6.65. The molecule has 5 heteroatoms. The zero-order valence-electron chi connectivity index (χ0n) is 14.9. The fourth-order valence-corrected chi connectivity index (χ4v) is 3.90. The molecule has 2 aliphatic rings. The maximum atomic E-state index is 5.61. The van der Waals surface area contributed by atoms with Gasteiger partial charge in [-0.3, -0.25) is 0 Å². The van der Waals surface area contributed by atoms with Crippen molar-refractivity contribution >= 4 is 10.8 Å². The zero-order chi connectivity index (χ0) is 17.7. The summed E-state index contributed by atoms with van der Waals surface area (Å²) in [6, 6.07) is 10.5. The van der Waals surface area contributed by atoms with Gasteiger partial charge >= 0.3 is 0 Å². The first-order valence-electron chi connectivity index (χ1n) is 8.79. The summed E-state index contributed by atoms with van der Waals surface area (Å²) in [7, 11) is 3.33. The fraction of sp³-hybridized carbons (Fsp3) is 0.286. The van der Waals surface area contributed by atoms with Crippen LogP contribution in [0.4, 0.5) is 0 Å². The minimum Gasteiger partial charge on any atom is -0.493 e. The van der Waals surface area contributed by atoms with Gasteiger partial charge in [-0.1, -0.05) is 0 Å². The van der Waals surface area contributed by atoms with Crippen molar-refractivity contribution in [3.63, 3.8) is 0 Å². The molecular weight excluding hydrogens is 330 g/mol. The largest absolute Gasteiger partial charge is 0.493 e. The highest BCUT2D eigenvalue weighted by Crippen LogP contribution is 2.40.